The first-order chi connectivity index (χ1) is 10.8. The predicted molar refractivity (Wildman–Crippen MR) is 91.0 cm³/mol. The van der Waals surface area contributed by atoms with Crippen LogP contribution in [0.5, 0.6) is 0 Å². The Hall–Kier alpha value is -1.71. The molecule has 3 heteroatoms. The van der Waals surface area contributed by atoms with Crippen LogP contribution in [-0.4, -0.2) is 18.0 Å². The van der Waals surface area contributed by atoms with E-state index in [0.29, 0.717) is 0 Å². The number of hydrogen-bond acceptors (Lipinski definition) is 2. The smallest absolute Gasteiger partial charge is 0.127 e. The van der Waals surface area contributed by atoms with E-state index in [-0.39, 0.29) is 11.7 Å². The van der Waals surface area contributed by atoms with E-state index in [9.17, 15) is 4.39 Å². The lowest BCUT2D eigenvalue weighted by molar-refractivity contribution is 0.249. The van der Waals surface area contributed by atoms with Crippen molar-refractivity contribution < 1.29 is 4.39 Å². The lowest BCUT2D eigenvalue weighted by Crippen LogP contribution is -2.34. The number of halogens is 1. The number of benzene rings is 2. The van der Waals surface area contributed by atoms with E-state index < -0.39 is 0 Å². The second-order valence-electron chi connectivity index (χ2n) is 5.87. The zero-order valence-electron chi connectivity index (χ0n) is 12.6. The molecule has 0 radical (unpaired) electrons. The summed E-state index contributed by atoms with van der Waals surface area (Å²) in [7, 11) is 0. The Morgan fingerprint density at radius 2 is 1.95 bits per heavy atom. The summed E-state index contributed by atoms with van der Waals surface area (Å²) in [5.41, 5.74) is 3.36. The van der Waals surface area contributed by atoms with E-state index in [1.54, 1.807) is 17.4 Å². The Kier molecular flexibility index (Phi) is 3.47. The van der Waals surface area contributed by atoms with Gasteiger partial charge in [-0.05, 0) is 40.6 Å². The summed E-state index contributed by atoms with van der Waals surface area (Å²) in [5, 5.41) is 3.43. The van der Waals surface area contributed by atoms with E-state index in [2.05, 4.69) is 47.5 Å². The zero-order valence-corrected chi connectivity index (χ0v) is 13.4. The maximum atomic E-state index is 14.3. The molecule has 4 rings (SSSR count). The zero-order chi connectivity index (χ0) is 15.1. The highest BCUT2D eigenvalue weighted by molar-refractivity contribution is 7.17. The minimum atomic E-state index is -0.0704. The van der Waals surface area contributed by atoms with Crippen molar-refractivity contribution >= 4 is 21.4 Å². The van der Waals surface area contributed by atoms with E-state index in [1.165, 1.54) is 15.6 Å². The van der Waals surface area contributed by atoms with Crippen LogP contribution in [0.2, 0.25) is 0 Å². The van der Waals surface area contributed by atoms with Gasteiger partial charge in [0.05, 0.1) is 0 Å². The van der Waals surface area contributed by atoms with Crippen molar-refractivity contribution in [2.75, 3.05) is 13.1 Å². The van der Waals surface area contributed by atoms with Gasteiger partial charge in [0.2, 0.25) is 0 Å². The van der Waals surface area contributed by atoms with Gasteiger partial charge in [0.15, 0.2) is 0 Å². The highest BCUT2D eigenvalue weighted by Gasteiger charge is 2.28. The summed E-state index contributed by atoms with van der Waals surface area (Å²) in [6, 6.07) is 14.2. The van der Waals surface area contributed by atoms with Gasteiger partial charge in [-0.1, -0.05) is 37.3 Å². The quantitative estimate of drug-likeness (QED) is 0.643. The Morgan fingerprint density at radius 3 is 2.82 bits per heavy atom. The van der Waals surface area contributed by atoms with Crippen LogP contribution >= 0.6 is 11.3 Å². The highest BCUT2D eigenvalue weighted by Crippen LogP contribution is 2.39. The average Bonchev–Trinajstić information content (AvgIpc) is 3.03. The van der Waals surface area contributed by atoms with Gasteiger partial charge >= 0.3 is 0 Å². The topological polar surface area (TPSA) is 3.24 Å². The molecule has 112 valence electrons. The van der Waals surface area contributed by atoms with Crippen molar-refractivity contribution in [2.45, 2.75) is 19.4 Å². The molecule has 22 heavy (non-hydrogen) atoms. The molecule has 1 aromatic heterocycles. The monoisotopic (exact) mass is 311 g/mol. The molecule has 0 bridgehead atoms. The van der Waals surface area contributed by atoms with E-state index >= 15 is 0 Å². The molecule has 3 aromatic rings. The SMILES string of the molecule is CCN1Cc2c(F)cccc2C(c2cccc3ccsc23)C1. The van der Waals surface area contributed by atoms with Crippen molar-refractivity contribution in [2.24, 2.45) is 0 Å². The number of fused-ring (bicyclic) bond motifs is 2. The van der Waals surface area contributed by atoms with Crippen molar-refractivity contribution in [3.63, 3.8) is 0 Å². The predicted octanol–water partition coefficient (Wildman–Crippen LogP) is 5.01. The second-order valence-corrected chi connectivity index (χ2v) is 6.79. The lowest BCUT2D eigenvalue weighted by Gasteiger charge is -2.34. The van der Waals surface area contributed by atoms with Crippen molar-refractivity contribution in [3.05, 3.63) is 70.4 Å². The Morgan fingerprint density at radius 1 is 1.14 bits per heavy atom. The summed E-state index contributed by atoms with van der Waals surface area (Å²) in [6.07, 6.45) is 0. The molecule has 2 heterocycles. The van der Waals surface area contributed by atoms with Crippen molar-refractivity contribution in [1.29, 1.82) is 0 Å². The molecule has 1 unspecified atom stereocenters. The van der Waals surface area contributed by atoms with Crippen LogP contribution in [0.4, 0.5) is 4.39 Å². The number of hydrogen-bond donors (Lipinski definition) is 0. The van der Waals surface area contributed by atoms with Gasteiger partial charge in [-0.3, -0.25) is 4.90 Å². The standard InChI is InChI=1S/C19H18FNS/c1-2-21-11-16(14-6-4-8-18(20)17(14)12-21)15-7-3-5-13-9-10-22-19(13)15/h3-10,16H,2,11-12H2,1H3. The highest BCUT2D eigenvalue weighted by atomic mass is 32.1. The number of thiophene rings is 1. The van der Waals surface area contributed by atoms with Crippen LogP contribution in [0, 0.1) is 5.82 Å². The molecule has 2 aromatic carbocycles. The van der Waals surface area contributed by atoms with E-state index in [4.69, 9.17) is 0 Å². The maximum Gasteiger partial charge on any atom is 0.127 e. The van der Waals surface area contributed by atoms with Crippen LogP contribution < -0.4 is 0 Å². The van der Waals surface area contributed by atoms with Crippen LogP contribution in [0.3, 0.4) is 0 Å². The third-order valence-electron chi connectivity index (χ3n) is 4.69. The molecule has 0 N–H and O–H groups in total. The summed E-state index contributed by atoms with van der Waals surface area (Å²) in [4.78, 5) is 2.34. The largest absolute Gasteiger partial charge is 0.298 e. The Labute approximate surface area is 134 Å². The maximum absolute atomic E-state index is 14.3. The Balaban J connectivity index is 1.91. The van der Waals surface area contributed by atoms with Gasteiger partial charge < -0.3 is 0 Å². The van der Waals surface area contributed by atoms with Gasteiger partial charge in [-0.25, -0.2) is 4.39 Å². The van der Waals surface area contributed by atoms with Gasteiger partial charge in [-0.2, -0.15) is 0 Å². The first kappa shape index (κ1) is 13.9. The molecular formula is C19H18FNS. The van der Waals surface area contributed by atoms with Crippen LogP contribution in [-0.2, 0) is 6.54 Å². The summed E-state index contributed by atoms with van der Waals surface area (Å²) < 4.78 is 15.6. The van der Waals surface area contributed by atoms with E-state index in [1.807, 2.05) is 6.07 Å². The normalized spacial score (nSPS) is 18.5. The number of nitrogens with zero attached hydrogens (tertiary/aromatic N) is 1. The van der Waals surface area contributed by atoms with Gasteiger partial charge in [0.1, 0.15) is 5.82 Å². The fourth-order valence-electron chi connectivity index (χ4n) is 3.51. The number of likely N-dealkylation sites (N-methyl/N-ethyl adjacent to an activating group) is 1. The fourth-order valence-corrected chi connectivity index (χ4v) is 4.48. The molecule has 1 aliphatic heterocycles. The summed E-state index contributed by atoms with van der Waals surface area (Å²) in [5.74, 6) is 0.181. The Bertz CT molecular complexity index is 823. The minimum Gasteiger partial charge on any atom is -0.298 e. The van der Waals surface area contributed by atoms with Crippen LogP contribution in [0.1, 0.15) is 29.5 Å². The summed E-state index contributed by atoms with van der Waals surface area (Å²) >= 11 is 1.78. The number of rotatable bonds is 2. The average molecular weight is 311 g/mol. The van der Waals surface area contributed by atoms with Gasteiger partial charge in [0.25, 0.3) is 0 Å². The van der Waals surface area contributed by atoms with Crippen LogP contribution in [0.15, 0.2) is 47.8 Å². The molecule has 0 saturated carbocycles. The molecule has 0 fully saturated rings. The van der Waals surface area contributed by atoms with Gasteiger partial charge in [-0.15, -0.1) is 11.3 Å². The van der Waals surface area contributed by atoms with Crippen molar-refractivity contribution in [3.8, 4) is 0 Å². The summed E-state index contributed by atoms with van der Waals surface area (Å²) in [6.45, 7) is 4.78. The fraction of sp³-hybridized carbons (Fsp3) is 0.263. The molecule has 1 aliphatic rings. The minimum absolute atomic E-state index is 0.0704. The molecule has 0 saturated heterocycles. The molecule has 0 aliphatic carbocycles. The molecule has 1 nitrogen and oxygen atoms in total. The van der Waals surface area contributed by atoms with Crippen LogP contribution in [0.25, 0.3) is 10.1 Å². The molecular weight excluding hydrogens is 293 g/mol. The lowest BCUT2D eigenvalue weighted by atomic mass is 9.84. The first-order valence-corrected chi connectivity index (χ1v) is 8.61. The molecule has 0 spiro atoms. The van der Waals surface area contributed by atoms with Crippen molar-refractivity contribution in [1.82, 2.24) is 4.90 Å². The second kappa shape index (κ2) is 5.49. The molecule has 0 amide bonds. The molecule has 1 atom stereocenters. The first-order valence-electron chi connectivity index (χ1n) is 7.73. The van der Waals surface area contributed by atoms with Gasteiger partial charge in [0, 0.05) is 29.3 Å². The third kappa shape index (κ3) is 2.16. The van der Waals surface area contributed by atoms with E-state index in [0.717, 1.165) is 30.8 Å². The third-order valence-corrected chi connectivity index (χ3v) is 5.66.